The molecular weight excluding hydrogens is 368 g/mol. The van der Waals surface area contributed by atoms with Crippen LogP contribution in [0.15, 0.2) is 59.1 Å². The van der Waals surface area contributed by atoms with Crippen molar-refractivity contribution in [3.05, 3.63) is 75.9 Å². The van der Waals surface area contributed by atoms with Gasteiger partial charge in [-0.15, -0.1) is 16.4 Å². The number of hydrogen-bond acceptors (Lipinski definition) is 8. The van der Waals surface area contributed by atoms with Crippen LogP contribution in [0, 0.1) is 0 Å². The molecule has 9 nitrogen and oxygen atoms in total. The molecule has 1 aromatic carbocycles. The lowest BCUT2D eigenvalue weighted by molar-refractivity contribution is -0.149. The Morgan fingerprint density at radius 2 is 2.11 bits per heavy atom. The highest BCUT2D eigenvalue weighted by atomic mass is 32.1. The molecule has 0 saturated carbocycles. The lowest BCUT2D eigenvalue weighted by Crippen LogP contribution is -2.25. The SMILES string of the molecule is O=C(OCc1cc(=O)n2ccsc2n1)[C@H](Cc1ccccc1)n1cnnn1. The first-order chi connectivity index (χ1) is 13.2. The fourth-order valence-corrected chi connectivity index (χ4v) is 3.38. The van der Waals surface area contributed by atoms with E-state index in [1.807, 2.05) is 30.3 Å². The molecular formula is C17H14N6O3S. The number of aromatic nitrogens is 6. The lowest BCUT2D eigenvalue weighted by Gasteiger charge is -2.15. The molecule has 0 fully saturated rings. The summed E-state index contributed by atoms with van der Waals surface area (Å²) in [6.07, 6.45) is 3.40. The van der Waals surface area contributed by atoms with E-state index in [0.29, 0.717) is 17.1 Å². The molecule has 0 amide bonds. The van der Waals surface area contributed by atoms with E-state index in [0.717, 1.165) is 5.56 Å². The van der Waals surface area contributed by atoms with Gasteiger partial charge in [-0.25, -0.2) is 14.5 Å². The van der Waals surface area contributed by atoms with Gasteiger partial charge in [-0.2, -0.15) is 0 Å². The molecule has 10 heteroatoms. The van der Waals surface area contributed by atoms with Crippen LogP contribution in [0.25, 0.3) is 4.96 Å². The maximum Gasteiger partial charge on any atom is 0.331 e. The highest BCUT2D eigenvalue weighted by Gasteiger charge is 2.24. The Labute approximate surface area is 156 Å². The van der Waals surface area contributed by atoms with E-state index in [2.05, 4.69) is 20.5 Å². The Bertz CT molecular complexity index is 1110. The average molecular weight is 382 g/mol. The molecule has 0 aliphatic carbocycles. The minimum absolute atomic E-state index is 0.101. The van der Waals surface area contributed by atoms with Crippen molar-refractivity contribution in [2.45, 2.75) is 19.1 Å². The zero-order chi connectivity index (χ0) is 18.6. The van der Waals surface area contributed by atoms with Crippen molar-refractivity contribution in [2.24, 2.45) is 0 Å². The van der Waals surface area contributed by atoms with Crippen molar-refractivity contribution in [1.82, 2.24) is 29.6 Å². The molecule has 0 unspecified atom stereocenters. The second-order valence-corrected chi connectivity index (χ2v) is 6.62. The van der Waals surface area contributed by atoms with Crippen molar-refractivity contribution in [1.29, 1.82) is 0 Å². The van der Waals surface area contributed by atoms with Crippen LogP contribution >= 0.6 is 11.3 Å². The van der Waals surface area contributed by atoms with E-state index in [4.69, 9.17) is 4.74 Å². The molecule has 0 bridgehead atoms. The Morgan fingerprint density at radius 3 is 2.89 bits per heavy atom. The maximum absolute atomic E-state index is 12.7. The smallest absolute Gasteiger partial charge is 0.331 e. The van der Waals surface area contributed by atoms with Crippen LogP contribution in [0.3, 0.4) is 0 Å². The van der Waals surface area contributed by atoms with Crippen molar-refractivity contribution in [2.75, 3.05) is 0 Å². The minimum atomic E-state index is -0.714. The number of rotatable bonds is 6. The van der Waals surface area contributed by atoms with E-state index >= 15 is 0 Å². The Morgan fingerprint density at radius 1 is 1.26 bits per heavy atom. The van der Waals surface area contributed by atoms with Crippen LogP contribution in [0.1, 0.15) is 17.3 Å². The summed E-state index contributed by atoms with van der Waals surface area (Å²) in [7, 11) is 0. The first kappa shape index (κ1) is 17.0. The second-order valence-electron chi connectivity index (χ2n) is 5.74. The largest absolute Gasteiger partial charge is 0.458 e. The predicted molar refractivity (Wildman–Crippen MR) is 96.1 cm³/mol. The Balaban J connectivity index is 1.51. The van der Waals surface area contributed by atoms with Gasteiger partial charge in [0.05, 0.1) is 5.69 Å². The highest BCUT2D eigenvalue weighted by molar-refractivity contribution is 7.15. The first-order valence-electron chi connectivity index (χ1n) is 8.09. The van der Waals surface area contributed by atoms with Gasteiger partial charge in [-0.1, -0.05) is 30.3 Å². The third-order valence-corrected chi connectivity index (χ3v) is 4.70. The van der Waals surface area contributed by atoms with Gasteiger partial charge in [0.25, 0.3) is 5.56 Å². The minimum Gasteiger partial charge on any atom is -0.458 e. The topological polar surface area (TPSA) is 104 Å². The van der Waals surface area contributed by atoms with E-state index < -0.39 is 12.0 Å². The quantitative estimate of drug-likeness (QED) is 0.463. The van der Waals surface area contributed by atoms with Gasteiger partial charge < -0.3 is 4.74 Å². The van der Waals surface area contributed by atoms with E-state index in [-0.39, 0.29) is 12.2 Å². The van der Waals surface area contributed by atoms with Gasteiger partial charge in [0.2, 0.25) is 0 Å². The summed E-state index contributed by atoms with van der Waals surface area (Å²) in [4.78, 5) is 29.6. The van der Waals surface area contributed by atoms with E-state index in [1.54, 1.807) is 11.6 Å². The fourth-order valence-electron chi connectivity index (χ4n) is 2.64. The number of ether oxygens (including phenoxy) is 1. The molecule has 0 N–H and O–H groups in total. The molecule has 0 aliphatic rings. The molecule has 4 rings (SSSR count). The molecule has 0 radical (unpaired) electrons. The Kier molecular flexibility index (Phi) is 4.71. The lowest BCUT2D eigenvalue weighted by atomic mass is 10.1. The summed E-state index contributed by atoms with van der Waals surface area (Å²) in [5, 5.41) is 12.8. The van der Waals surface area contributed by atoms with Crippen LogP contribution in [0.4, 0.5) is 0 Å². The summed E-state index contributed by atoms with van der Waals surface area (Å²) >= 11 is 1.34. The third-order valence-electron chi connectivity index (χ3n) is 3.95. The molecule has 1 atom stereocenters. The maximum atomic E-state index is 12.7. The highest BCUT2D eigenvalue weighted by Crippen LogP contribution is 2.16. The number of hydrogen-bond donors (Lipinski definition) is 0. The first-order valence-corrected chi connectivity index (χ1v) is 8.97. The van der Waals surface area contributed by atoms with Gasteiger partial charge in [0.15, 0.2) is 11.0 Å². The van der Waals surface area contributed by atoms with Crippen LogP contribution in [0.5, 0.6) is 0 Å². The molecule has 0 saturated heterocycles. The summed E-state index contributed by atoms with van der Waals surface area (Å²) in [6, 6.07) is 10.2. The number of benzene rings is 1. The van der Waals surface area contributed by atoms with Crippen molar-refractivity contribution in [3.8, 4) is 0 Å². The van der Waals surface area contributed by atoms with Crippen molar-refractivity contribution >= 4 is 22.3 Å². The monoisotopic (exact) mass is 382 g/mol. The third kappa shape index (κ3) is 3.75. The summed E-state index contributed by atoms with van der Waals surface area (Å²) in [6.45, 7) is -0.101. The molecule has 4 aromatic rings. The summed E-state index contributed by atoms with van der Waals surface area (Å²) < 4.78 is 8.21. The summed E-state index contributed by atoms with van der Waals surface area (Å²) in [5.41, 5.74) is 1.13. The average Bonchev–Trinajstić information content (AvgIpc) is 3.37. The van der Waals surface area contributed by atoms with E-state index in [1.165, 1.54) is 32.8 Å². The van der Waals surface area contributed by atoms with Crippen molar-refractivity contribution < 1.29 is 9.53 Å². The fraction of sp³-hybridized carbons (Fsp3) is 0.176. The van der Waals surface area contributed by atoms with Gasteiger partial charge in [0, 0.05) is 24.1 Å². The van der Waals surface area contributed by atoms with Gasteiger partial charge in [-0.05, 0) is 16.0 Å². The zero-order valence-electron chi connectivity index (χ0n) is 14.0. The number of esters is 1. The number of tetrazole rings is 1. The van der Waals surface area contributed by atoms with Crippen LogP contribution < -0.4 is 5.56 Å². The number of carbonyl (C=O) groups is 1. The molecule has 136 valence electrons. The predicted octanol–water partition coefficient (Wildman–Crippen LogP) is 1.27. The normalized spacial score (nSPS) is 12.1. The molecule has 3 heterocycles. The number of carbonyl (C=O) groups excluding carboxylic acids is 1. The molecule has 0 spiro atoms. The van der Waals surface area contributed by atoms with Crippen LogP contribution in [-0.4, -0.2) is 35.6 Å². The van der Waals surface area contributed by atoms with E-state index in [9.17, 15) is 9.59 Å². The molecule has 3 aromatic heterocycles. The second kappa shape index (κ2) is 7.46. The zero-order valence-corrected chi connectivity index (χ0v) is 14.8. The number of nitrogens with zero attached hydrogens (tertiary/aromatic N) is 6. The van der Waals surface area contributed by atoms with Crippen LogP contribution in [0.2, 0.25) is 0 Å². The van der Waals surface area contributed by atoms with Gasteiger partial charge >= 0.3 is 5.97 Å². The molecule has 0 aliphatic heterocycles. The van der Waals surface area contributed by atoms with Gasteiger partial charge in [-0.3, -0.25) is 9.20 Å². The number of fused-ring (bicyclic) bond motifs is 1. The van der Waals surface area contributed by atoms with Crippen molar-refractivity contribution in [3.63, 3.8) is 0 Å². The molecule has 27 heavy (non-hydrogen) atoms. The van der Waals surface area contributed by atoms with Gasteiger partial charge in [0.1, 0.15) is 12.9 Å². The number of thiazole rings is 1. The standard InChI is InChI=1S/C17H14N6O3S/c24-15-9-13(19-17-22(15)6-7-27-17)10-26-16(25)14(23-11-18-20-21-23)8-12-4-2-1-3-5-12/h1-7,9,11,14H,8,10H2/t14-/m0/s1. The Hall–Kier alpha value is -3.40. The summed E-state index contributed by atoms with van der Waals surface area (Å²) in [5.74, 6) is -0.501. The van der Waals surface area contributed by atoms with Crippen LogP contribution in [-0.2, 0) is 22.6 Å².